The number of carboxylic acids is 1. The molecule has 8 rings (SSSR count). The molecule has 6 aliphatic rings. The van der Waals surface area contributed by atoms with Gasteiger partial charge in [0.2, 0.25) is 17.7 Å². The first-order valence-electron chi connectivity index (χ1n) is 19.7. The van der Waals surface area contributed by atoms with Gasteiger partial charge in [-0.3, -0.25) is 24.0 Å². The molecular formula is C42H56Cl2N8O7. The number of amides is 3. The van der Waals surface area contributed by atoms with Gasteiger partial charge in [0.05, 0.1) is 16.7 Å². The lowest BCUT2D eigenvalue weighted by Crippen LogP contribution is -2.51. The Morgan fingerprint density at radius 1 is 0.712 bits per heavy atom. The molecule has 0 bridgehead atoms. The van der Waals surface area contributed by atoms with Crippen LogP contribution in [0.15, 0.2) is 36.7 Å². The second kappa shape index (κ2) is 20.1. The topological polar surface area (TPSA) is 194 Å². The summed E-state index contributed by atoms with van der Waals surface area (Å²) in [4.78, 5) is 84.4. The van der Waals surface area contributed by atoms with E-state index in [9.17, 15) is 28.8 Å². The van der Waals surface area contributed by atoms with E-state index in [2.05, 4.69) is 49.8 Å². The normalized spacial score (nSPS) is 20.8. The van der Waals surface area contributed by atoms with E-state index in [0.29, 0.717) is 49.3 Å². The van der Waals surface area contributed by atoms with Crippen molar-refractivity contribution in [2.24, 2.45) is 22.7 Å². The molecule has 0 aliphatic carbocycles. The number of nitrogens with zero attached hydrogens (tertiary/aromatic N) is 5. The third-order valence-corrected chi connectivity index (χ3v) is 12.3. The van der Waals surface area contributed by atoms with Gasteiger partial charge in [0.25, 0.3) is 0 Å². The molecule has 17 heteroatoms. The van der Waals surface area contributed by atoms with Crippen LogP contribution in [-0.4, -0.2) is 131 Å². The van der Waals surface area contributed by atoms with E-state index in [1.165, 1.54) is 12.2 Å². The fourth-order valence-electron chi connectivity index (χ4n) is 7.94. The zero-order valence-corrected chi connectivity index (χ0v) is 35.8. The molecule has 0 aromatic carbocycles. The standard InChI is InChI=1S/C21H26N4O3.C16H19N3O3.C5H9NO.2ClH/c1-14(26)17-12-25(13-17)18(27)4-3-15-9-16-10-21(5-7-24(2)8-6-21)20(28)23-19(16)22-11-15;1-19-6-4-16(5-7-19)9-12-8-11(2-3-13(20)21)10-17-14(12)18-15(16)22;1-4(7)5-2-6-3-5;;/h3-4,9,11,17H,5-8,10,12-13H2,1-2H3,(H,22,23,28);2-3,8,10H,4-7,9H2,1H3,(H,20,21)(H,17,18,22);5-6H,2-3H2,1H3;2*1H/b4-3+;3-2+;;;. The lowest BCUT2D eigenvalue weighted by molar-refractivity contribution is -0.137. The van der Waals surface area contributed by atoms with E-state index in [0.717, 1.165) is 93.3 Å². The van der Waals surface area contributed by atoms with E-state index in [4.69, 9.17) is 5.11 Å². The van der Waals surface area contributed by atoms with Crippen molar-refractivity contribution in [1.82, 2.24) is 30.0 Å². The summed E-state index contributed by atoms with van der Waals surface area (Å²) in [5.41, 5.74) is 2.89. The molecule has 0 atom stereocenters. The smallest absolute Gasteiger partial charge is 0.328 e. The highest BCUT2D eigenvalue weighted by Gasteiger charge is 2.45. The number of halogens is 2. The summed E-state index contributed by atoms with van der Waals surface area (Å²) in [6.45, 7) is 9.67. The van der Waals surface area contributed by atoms with E-state index >= 15 is 0 Å². The monoisotopic (exact) mass is 854 g/mol. The maximum absolute atomic E-state index is 12.7. The fraction of sp³-hybridized carbons (Fsp3) is 0.524. The van der Waals surface area contributed by atoms with Crippen LogP contribution < -0.4 is 16.0 Å². The number of hydrogen-bond donors (Lipinski definition) is 4. The molecular weight excluding hydrogens is 799 g/mol. The molecule has 0 unspecified atom stereocenters. The van der Waals surface area contributed by atoms with Gasteiger partial charge in [-0.25, -0.2) is 14.8 Å². The number of carboxylic acid groups (broad SMARTS) is 1. The second-order valence-electron chi connectivity index (χ2n) is 16.5. The van der Waals surface area contributed by atoms with Crippen molar-refractivity contribution in [3.8, 4) is 0 Å². The van der Waals surface area contributed by atoms with Gasteiger partial charge < -0.3 is 35.8 Å². The summed E-state index contributed by atoms with van der Waals surface area (Å²) >= 11 is 0. The van der Waals surface area contributed by atoms with Crippen LogP contribution in [0.25, 0.3) is 12.2 Å². The quantitative estimate of drug-likeness (QED) is 0.310. The van der Waals surface area contributed by atoms with E-state index in [-0.39, 0.29) is 65.1 Å². The highest BCUT2D eigenvalue weighted by molar-refractivity contribution is 5.99. The van der Waals surface area contributed by atoms with Crippen molar-refractivity contribution >= 4 is 83.9 Å². The number of Topliss-reactive ketones (excluding diaryl/α,β-unsaturated/α-hetero) is 2. The lowest BCUT2D eigenvalue weighted by atomic mass is 9.71. The van der Waals surface area contributed by atoms with Crippen molar-refractivity contribution in [3.63, 3.8) is 0 Å². The molecule has 0 radical (unpaired) electrons. The SMILES string of the molecule is CC(=O)C1CN(C(=O)/C=C/c2cnc3c(c2)CC2(CCN(C)CC2)C(=O)N3)C1.CC(=O)C1CNC1.CN1CCC2(CC1)Cc1cc(/C=C/C(=O)O)cnc1NC2=O.Cl.Cl. The molecule has 2 spiro atoms. The molecule has 320 valence electrons. The predicted molar refractivity (Wildman–Crippen MR) is 229 cm³/mol. The minimum atomic E-state index is -0.988. The summed E-state index contributed by atoms with van der Waals surface area (Å²) in [6.07, 6.45) is 13.9. The average Bonchev–Trinajstić information content (AvgIpc) is 3.12. The molecule has 2 aromatic heterocycles. The van der Waals surface area contributed by atoms with Crippen LogP contribution in [0.5, 0.6) is 0 Å². The first kappa shape index (κ1) is 47.1. The first-order valence-corrected chi connectivity index (χ1v) is 19.7. The number of fused-ring (bicyclic) bond motifs is 2. The average molecular weight is 856 g/mol. The van der Waals surface area contributed by atoms with Crippen molar-refractivity contribution in [2.75, 3.05) is 77.1 Å². The number of hydrogen-bond acceptors (Lipinski definition) is 11. The Morgan fingerprint density at radius 3 is 1.49 bits per heavy atom. The van der Waals surface area contributed by atoms with Crippen LogP contribution in [0.1, 0.15) is 61.8 Å². The lowest BCUT2D eigenvalue weighted by Gasteiger charge is -2.42. The Balaban J connectivity index is 0.000000221. The Bertz CT molecular complexity index is 1960. The summed E-state index contributed by atoms with van der Waals surface area (Å²) in [6, 6.07) is 3.93. The fourth-order valence-corrected chi connectivity index (χ4v) is 7.94. The number of carbonyl (C=O) groups is 6. The van der Waals surface area contributed by atoms with Crippen LogP contribution in [0.2, 0.25) is 0 Å². The Labute approximate surface area is 357 Å². The number of anilines is 2. The molecule has 59 heavy (non-hydrogen) atoms. The van der Waals surface area contributed by atoms with Crippen molar-refractivity contribution < 1.29 is 33.9 Å². The summed E-state index contributed by atoms with van der Waals surface area (Å²) in [7, 11) is 4.15. The number of nitrogens with one attached hydrogen (secondary N) is 3. The van der Waals surface area contributed by atoms with Crippen LogP contribution in [-0.2, 0) is 41.6 Å². The van der Waals surface area contributed by atoms with Crippen LogP contribution in [0.4, 0.5) is 11.6 Å². The molecule has 3 amide bonds. The van der Waals surface area contributed by atoms with Gasteiger partial charge in [0.1, 0.15) is 23.2 Å². The van der Waals surface area contributed by atoms with Crippen LogP contribution in [0.3, 0.4) is 0 Å². The molecule has 4 N–H and O–H groups in total. The van der Waals surface area contributed by atoms with Crippen molar-refractivity contribution in [1.29, 1.82) is 0 Å². The van der Waals surface area contributed by atoms with E-state index in [1.54, 1.807) is 37.2 Å². The Hall–Kier alpha value is -4.54. The Kier molecular flexibility index (Phi) is 16.1. The molecule has 4 fully saturated rings. The van der Waals surface area contributed by atoms with Crippen LogP contribution >= 0.6 is 24.8 Å². The molecule has 6 aliphatic heterocycles. The van der Waals surface area contributed by atoms with Crippen molar-refractivity contribution in [2.45, 2.75) is 52.4 Å². The third kappa shape index (κ3) is 11.4. The number of ketones is 2. The molecule has 15 nitrogen and oxygen atoms in total. The summed E-state index contributed by atoms with van der Waals surface area (Å²) < 4.78 is 0. The third-order valence-electron chi connectivity index (χ3n) is 12.3. The number of aliphatic carboxylic acids is 1. The number of carbonyl (C=O) groups excluding carboxylic acids is 5. The highest BCUT2D eigenvalue weighted by atomic mass is 35.5. The van der Waals surface area contributed by atoms with Crippen LogP contribution in [0, 0.1) is 22.7 Å². The minimum Gasteiger partial charge on any atom is -0.478 e. The predicted octanol–water partition coefficient (Wildman–Crippen LogP) is 3.37. The number of likely N-dealkylation sites (tertiary alicyclic amines) is 3. The zero-order valence-electron chi connectivity index (χ0n) is 34.1. The molecule has 4 saturated heterocycles. The van der Waals surface area contributed by atoms with E-state index in [1.807, 2.05) is 12.1 Å². The Morgan fingerprint density at radius 2 is 1.14 bits per heavy atom. The maximum Gasteiger partial charge on any atom is 0.328 e. The molecule has 0 saturated carbocycles. The first-order chi connectivity index (χ1) is 27.1. The maximum atomic E-state index is 12.7. The minimum absolute atomic E-state index is 0. The number of piperidine rings is 2. The van der Waals surface area contributed by atoms with Crippen molar-refractivity contribution in [3.05, 3.63) is 58.9 Å². The zero-order chi connectivity index (χ0) is 40.9. The summed E-state index contributed by atoms with van der Waals surface area (Å²) in [5.74, 6) is 1.07. The van der Waals surface area contributed by atoms with Gasteiger partial charge in [-0.2, -0.15) is 0 Å². The van der Waals surface area contributed by atoms with Gasteiger partial charge in [-0.1, -0.05) is 0 Å². The number of rotatable bonds is 6. The van der Waals surface area contributed by atoms with E-state index < -0.39 is 5.97 Å². The molecule has 2 aromatic rings. The second-order valence-corrected chi connectivity index (χ2v) is 16.5. The van der Waals surface area contributed by atoms with Gasteiger partial charge in [0.15, 0.2) is 0 Å². The highest BCUT2D eigenvalue weighted by Crippen LogP contribution is 2.42. The summed E-state index contributed by atoms with van der Waals surface area (Å²) in [5, 5.41) is 17.6. The van der Waals surface area contributed by atoms with Gasteiger partial charge in [-0.15, -0.1) is 24.8 Å². The molecule has 8 heterocycles. The van der Waals surface area contributed by atoms with Gasteiger partial charge in [-0.05, 0) is 139 Å². The van der Waals surface area contributed by atoms with Gasteiger partial charge >= 0.3 is 5.97 Å². The largest absolute Gasteiger partial charge is 0.478 e. The van der Waals surface area contributed by atoms with Gasteiger partial charge in [0, 0.05) is 56.6 Å². The number of aromatic nitrogens is 2. The number of pyridine rings is 2.